The number of carboxylic acids is 1. The van der Waals surface area contributed by atoms with Gasteiger partial charge in [-0.3, -0.25) is 10.1 Å². The monoisotopic (exact) mass is 290 g/mol. The third kappa shape index (κ3) is 3.59. The van der Waals surface area contributed by atoms with E-state index in [1.165, 1.54) is 12.1 Å². The molecule has 0 bridgehead atoms. The van der Waals surface area contributed by atoms with E-state index in [0.717, 1.165) is 25.1 Å². The van der Waals surface area contributed by atoms with Crippen LogP contribution in [-0.4, -0.2) is 28.6 Å². The lowest BCUT2D eigenvalue weighted by molar-refractivity contribution is -0.384. The number of hydrogen-bond acceptors (Lipinski definition) is 4. The summed E-state index contributed by atoms with van der Waals surface area (Å²) in [6.45, 7) is 2.48. The van der Waals surface area contributed by atoms with Crippen molar-refractivity contribution in [2.45, 2.75) is 32.2 Å². The summed E-state index contributed by atoms with van der Waals surface area (Å²) in [6, 6.07) is 6.77. The summed E-state index contributed by atoms with van der Waals surface area (Å²) in [5.74, 6) is -0.894. The molecule has 1 saturated heterocycles. The number of non-ortho nitro benzene ring substituents is 1. The van der Waals surface area contributed by atoms with E-state index in [4.69, 9.17) is 5.11 Å². The maximum atomic E-state index is 10.8. The maximum Gasteiger partial charge on any atom is 0.330 e. The molecule has 1 heterocycles. The number of nitro benzene ring substituents is 1. The van der Waals surface area contributed by atoms with Gasteiger partial charge >= 0.3 is 5.97 Å². The molecule has 0 aliphatic carbocycles. The zero-order valence-corrected chi connectivity index (χ0v) is 11.9. The van der Waals surface area contributed by atoms with Crippen molar-refractivity contribution < 1.29 is 14.8 Å². The quantitative estimate of drug-likeness (QED) is 0.512. The van der Waals surface area contributed by atoms with E-state index in [0.29, 0.717) is 12.0 Å². The lowest BCUT2D eigenvalue weighted by Crippen LogP contribution is -2.28. The van der Waals surface area contributed by atoms with Crippen molar-refractivity contribution in [2.75, 3.05) is 11.4 Å². The second kappa shape index (κ2) is 6.39. The minimum atomic E-state index is -0.894. The van der Waals surface area contributed by atoms with E-state index in [1.54, 1.807) is 25.1 Å². The molecular weight excluding hydrogens is 272 g/mol. The molecule has 0 spiro atoms. The number of nitrogens with zero attached hydrogens (tertiary/aromatic N) is 2. The fraction of sp³-hybridized carbons (Fsp3) is 0.400. The average Bonchev–Trinajstić information content (AvgIpc) is 2.93. The molecule has 1 N–H and O–H groups in total. The highest BCUT2D eigenvalue weighted by Gasteiger charge is 2.24. The molecule has 0 unspecified atom stereocenters. The van der Waals surface area contributed by atoms with Gasteiger partial charge in [0, 0.05) is 36.0 Å². The third-order valence-electron chi connectivity index (χ3n) is 3.80. The van der Waals surface area contributed by atoms with Gasteiger partial charge < -0.3 is 10.0 Å². The lowest BCUT2D eigenvalue weighted by Gasteiger charge is -2.26. The van der Waals surface area contributed by atoms with E-state index in [2.05, 4.69) is 4.90 Å². The van der Waals surface area contributed by atoms with E-state index in [1.807, 2.05) is 0 Å². The van der Waals surface area contributed by atoms with Crippen LogP contribution >= 0.6 is 0 Å². The molecule has 1 atom stereocenters. The Bertz CT molecular complexity index is 566. The van der Waals surface area contributed by atoms with Gasteiger partial charge in [-0.15, -0.1) is 0 Å². The Hall–Kier alpha value is -2.37. The standard InChI is InChI=1S/C15H18N2O4/c1-11(15(18)19)4-5-12-3-2-10-16(12)13-6-8-14(9-7-13)17(20)21/h4,6-9,12H,2-3,5,10H2,1H3,(H,18,19)/t12-/m0/s1. The number of anilines is 1. The molecule has 112 valence electrons. The van der Waals surface area contributed by atoms with Crippen LogP contribution in [0.15, 0.2) is 35.9 Å². The van der Waals surface area contributed by atoms with Crippen LogP contribution in [0.25, 0.3) is 0 Å². The second-order valence-corrected chi connectivity index (χ2v) is 5.19. The molecule has 6 heteroatoms. The van der Waals surface area contributed by atoms with Gasteiger partial charge in [0.15, 0.2) is 0 Å². The summed E-state index contributed by atoms with van der Waals surface area (Å²) in [7, 11) is 0. The summed E-state index contributed by atoms with van der Waals surface area (Å²) in [5.41, 5.74) is 1.38. The van der Waals surface area contributed by atoms with Gasteiger partial charge in [-0.05, 0) is 38.3 Å². The number of aliphatic carboxylic acids is 1. The van der Waals surface area contributed by atoms with Crippen LogP contribution < -0.4 is 4.90 Å². The predicted octanol–water partition coefficient (Wildman–Crippen LogP) is 2.98. The van der Waals surface area contributed by atoms with Crippen LogP contribution in [-0.2, 0) is 4.79 Å². The van der Waals surface area contributed by atoms with Crippen LogP contribution in [0.1, 0.15) is 26.2 Å². The smallest absolute Gasteiger partial charge is 0.330 e. The molecule has 2 rings (SSSR count). The molecule has 1 aromatic carbocycles. The Kier molecular flexibility index (Phi) is 4.57. The maximum absolute atomic E-state index is 10.8. The second-order valence-electron chi connectivity index (χ2n) is 5.19. The molecule has 1 aliphatic rings. The molecule has 0 aromatic heterocycles. The highest BCUT2D eigenvalue weighted by molar-refractivity contribution is 5.85. The van der Waals surface area contributed by atoms with Crippen molar-refractivity contribution in [1.82, 2.24) is 0 Å². The van der Waals surface area contributed by atoms with Crippen molar-refractivity contribution in [2.24, 2.45) is 0 Å². The van der Waals surface area contributed by atoms with Crippen LogP contribution in [0.5, 0.6) is 0 Å². The largest absolute Gasteiger partial charge is 0.478 e. The molecule has 6 nitrogen and oxygen atoms in total. The summed E-state index contributed by atoms with van der Waals surface area (Å²) in [4.78, 5) is 23.3. The number of hydrogen-bond donors (Lipinski definition) is 1. The summed E-state index contributed by atoms with van der Waals surface area (Å²) < 4.78 is 0. The molecule has 1 aliphatic heterocycles. The Labute approximate surface area is 122 Å². The van der Waals surface area contributed by atoms with Crippen LogP contribution in [0.4, 0.5) is 11.4 Å². The van der Waals surface area contributed by atoms with Crippen molar-refractivity contribution in [1.29, 1.82) is 0 Å². The minimum Gasteiger partial charge on any atom is -0.478 e. The first kappa shape index (κ1) is 15.0. The molecular formula is C15H18N2O4. The molecule has 21 heavy (non-hydrogen) atoms. The average molecular weight is 290 g/mol. The number of nitro groups is 1. The van der Waals surface area contributed by atoms with Crippen LogP contribution in [0, 0.1) is 10.1 Å². The van der Waals surface area contributed by atoms with Crippen molar-refractivity contribution in [3.63, 3.8) is 0 Å². The lowest BCUT2D eigenvalue weighted by atomic mass is 10.1. The first-order valence-electron chi connectivity index (χ1n) is 6.90. The number of benzene rings is 1. The summed E-state index contributed by atoms with van der Waals surface area (Å²) in [5, 5.41) is 19.5. The molecule has 1 aromatic rings. The van der Waals surface area contributed by atoms with Crippen molar-refractivity contribution in [3.8, 4) is 0 Å². The van der Waals surface area contributed by atoms with E-state index in [9.17, 15) is 14.9 Å². The van der Waals surface area contributed by atoms with Crippen LogP contribution in [0.2, 0.25) is 0 Å². The first-order valence-corrected chi connectivity index (χ1v) is 6.90. The fourth-order valence-electron chi connectivity index (χ4n) is 2.59. The van der Waals surface area contributed by atoms with Crippen molar-refractivity contribution >= 4 is 17.3 Å². The van der Waals surface area contributed by atoms with E-state index in [-0.39, 0.29) is 11.7 Å². The Morgan fingerprint density at radius 1 is 1.48 bits per heavy atom. The SMILES string of the molecule is CC(=CC[C@@H]1CCCN1c1ccc([N+](=O)[O-])cc1)C(=O)O. The zero-order chi connectivity index (χ0) is 15.4. The Morgan fingerprint density at radius 2 is 2.14 bits per heavy atom. The normalized spacial score (nSPS) is 18.8. The van der Waals surface area contributed by atoms with Gasteiger partial charge in [0.05, 0.1) is 4.92 Å². The third-order valence-corrected chi connectivity index (χ3v) is 3.80. The van der Waals surface area contributed by atoms with Gasteiger partial charge in [0.25, 0.3) is 5.69 Å². The minimum absolute atomic E-state index is 0.0797. The highest BCUT2D eigenvalue weighted by Crippen LogP contribution is 2.29. The Morgan fingerprint density at radius 3 is 2.71 bits per heavy atom. The van der Waals surface area contributed by atoms with Gasteiger partial charge in [-0.1, -0.05) is 6.08 Å². The van der Waals surface area contributed by atoms with Gasteiger partial charge in [-0.2, -0.15) is 0 Å². The first-order chi connectivity index (χ1) is 9.99. The molecule has 0 amide bonds. The van der Waals surface area contributed by atoms with Gasteiger partial charge in [0.1, 0.15) is 0 Å². The Balaban J connectivity index is 2.09. The summed E-state index contributed by atoms with van der Waals surface area (Å²) in [6.07, 6.45) is 4.47. The fourth-order valence-corrected chi connectivity index (χ4v) is 2.59. The zero-order valence-electron chi connectivity index (χ0n) is 11.9. The van der Waals surface area contributed by atoms with E-state index < -0.39 is 10.9 Å². The van der Waals surface area contributed by atoms with Crippen LogP contribution in [0.3, 0.4) is 0 Å². The molecule has 0 saturated carbocycles. The highest BCUT2D eigenvalue weighted by atomic mass is 16.6. The number of carbonyl (C=O) groups is 1. The van der Waals surface area contributed by atoms with Gasteiger partial charge in [-0.25, -0.2) is 4.79 Å². The number of carboxylic acid groups (broad SMARTS) is 1. The summed E-state index contributed by atoms with van der Waals surface area (Å²) >= 11 is 0. The molecule has 1 fully saturated rings. The predicted molar refractivity (Wildman–Crippen MR) is 79.5 cm³/mol. The number of rotatable bonds is 5. The molecule has 0 radical (unpaired) electrons. The van der Waals surface area contributed by atoms with Crippen molar-refractivity contribution in [3.05, 3.63) is 46.0 Å². The van der Waals surface area contributed by atoms with E-state index >= 15 is 0 Å². The van der Waals surface area contributed by atoms with Gasteiger partial charge in [0.2, 0.25) is 0 Å². The topological polar surface area (TPSA) is 83.7 Å².